The third kappa shape index (κ3) is 4.57. The van der Waals surface area contributed by atoms with Crippen molar-refractivity contribution < 1.29 is 4.39 Å². The molecule has 0 rings (SSSR count). The molecule has 0 aromatic rings. The Bertz CT molecular complexity index is 40.5. The summed E-state index contributed by atoms with van der Waals surface area (Å²) in [6.07, 6.45) is 3.43. The van der Waals surface area contributed by atoms with Crippen molar-refractivity contribution in [3.8, 4) is 0 Å². The van der Waals surface area contributed by atoms with Crippen LogP contribution in [0, 0.1) is 0 Å². The number of hydrogen-bond donors (Lipinski definition) is 0. The minimum atomic E-state index is -1.36. The molecule has 0 aliphatic heterocycles. The van der Waals surface area contributed by atoms with Gasteiger partial charge in [0, 0.05) is 0 Å². The number of hydrogen-bond acceptors (Lipinski definition) is 0. The van der Waals surface area contributed by atoms with Crippen LogP contribution in [0.5, 0.6) is 0 Å². The zero-order chi connectivity index (χ0) is 5.21. The molecule has 0 N–H and O–H groups in total. The van der Waals surface area contributed by atoms with Crippen LogP contribution in [0.3, 0.4) is 0 Å². The smallest absolute Gasteiger partial charge is 0.131 e. The van der Waals surface area contributed by atoms with Crippen LogP contribution in [0.4, 0.5) is 4.39 Å². The number of alkyl halides is 1. The van der Waals surface area contributed by atoms with Crippen molar-refractivity contribution in [3.05, 3.63) is 0 Å². The highest BCUT2D eigenvalue weighted by Gasteiger charge is 2.02. The van der Waals surface area contributed by atoms with Gasteiger partial charge in [-0.15, -0.1) is 9.24 Å². The van der Waals surface area contributed by atoms with E-state index in [1.54, 1.807) is 12.5 Å². The molecule has 0 atom stereocenters. The van der Waals surface area contributed by atoms with Crippen molar-refractivity contribution in [1.82, 2.24) is 0 Å². The van der Waals surface area contributed by atoms with Gasteiger partial charge < -0.3 is 0 Å². The Morgan fingerprint density at radius 1 is 1.67 bits per heavy atom. The fraction of sp³-hybridized carbons (Fsp3) is 1.00. The average Bonchev–Trinajstić information content (AvgIpc) is 1.35. The SMILES string of the molecule is CS(C)(Cl)CF. The van der Waals surface area contributed by atoms with Gasteiger partial charge in [-0.3, -0.25) is 0 Å². The lowest BCUT2D eigenvalue weighted by atomic mass is 11.8. The maximum absolute atomic E-state index is 11.4. The first-order valence-electron chi connectivity index (χ1n) is 1.53. The highest BCUT2D eigenvalue weighted by molar-refractivity contribution is 8.50. The molecule has 0 amide bonds. The molecule has 0 spiro atoms. The van der Waals surface area contributed by atoms with Crippen molar-refractivity contribution >= 4 is 19.9 Å². The maximum Gasteiger partial charge on any atom is 0.131 e. The molecule has 0 heterocycles. The summed E-state index contributed by atoms with van der Waals surface area (Å²) in [6, 6.07) is -0.380. The number of halogens is 2. The quantitative estimate of drug-likeness (QED) is 0.510. The fourth-order valence-electron chi connectivity index (χ4n) is 0. The van der Waals surface area contributed by atoms with Crippen LogP contribution in [-0.4, -0.2) is 18.5 Å². The summed E-state index contributed by atoms with van der Waals surface area (Å²) >= 11 is 0. The van der Waals surface area contributed by atoms with E-state index >= 15 is 0 Å². The van der Waals surface area contributed by atoms with Gasteiger partial charge in [-0.2, -0.15) is 0 Å². The van der Waals surface area contributed by atoms with Gasteiger partial charge in [0.25, 0.3) is 0 Å². The second kappa shape index (κ2) is 2.03. The predicted molar refractivity (Wildman–Crippen MR) is 31.3 cm³/mol. The van der Waals surface area contributed by atoms with E-state index in [0.717, 1.165) is 0 Å². The lowest BCUT2D eigenvalue weighted by Gasteiger charge is -2.14. The molecule has 0 aliphatic carbocycles. The van der Waals surface area contributed by atoms with E-state index in [0.29, 0.717) is 0 Å². The molecule has 40 valence electrons. The molecule has 3 heteroatoms. The van der Waals surface area contributed by atoms with E-state index in [-0.39, 0.29) is 6.01 Å². The maximum atomic E-state index is 11.4. The molecule has 0 aliphatic rings. The summed E-state index contributed by atoms with van der Waals surface area (Å²) in [5.74, 6) is 0. The van der Waals surface area contributed by atoms with Crippen molar-refractivity contribution in [2.45, 2.75) is 0 Å². The fourth-order valence-corrected chi connectivity index (χ4v) is 0. The molecule has 0 aromatic carbocycles. The molecule has 0 nitrogen and oxygen atoms in total. The van der Waals surface area contributed by atoms with Gasteiger partial charge in [0.2, 0.25) is 0 Å². The Morgan fingerprint density at radius 3 is 1.83 bits per heavy atom. The van der Waals surface area contributed by atoms with Crippen LogP contribution in [0.25, 0.3) is 0 Å². The van der Waals surface area contributed by atoms with Gasteiger partial charge in [-0.1, -0.05) is 10.7 Å². The lowest BCUT2D eigenvalue weighted by molar-refractivity contribution is 0.603. The molecule has 0 radical (unpaired) electrons. The van der Waals surface area contributed by atoms with Gasteiger partial charge in [0.15, 0.2) is 0 Å². The number of rotatable bonds is 1. The molecule has 0 saturated heterocycles. The van der Waals surface area contributed by atoms with Crippen molar-refractivity contribution in [2.24, 2.45) is 0 Å². The summed E-state index contributed by atoms with van der Waals surface area (Å²) in [5, 5.41) is 0. The summed E-state index contributed by atoms with van der Waals surface area (Å²) in [4.78, 5) is 0. The monoisotopic (exact) mass is 130 g/mol. The van der Waals surface area contributed by atoms with E-state index in [9.17, 15) is 4.39 Å². The first-order chi connectivity index (χ1) is 2.56. The standard InChI is InChI=1S/C3H8ClFS/c1-6(2,4)3-5/h3H2,1-2H3. The predicted octanol–water partition coefficient (Wildman–Crippen LogP) is 2.13. The zero-order valence-corrected chi connectivity index (χ0v) is 5.44. The normalized spacial score (nSPS) is 14.7. The second-order valence-electron chi connectivity index (χ2n) is 1.51. The molecule has 6 heavy (non-hydrogen) atoms. The topological polar surface area (TPSA) is 0 Å². The van der Waals surface area contributed by atoms with Crippen LogP contribution in [0.1, 0.15) is 0 Å². The van der Waals surface area contributed by atoms with Gasteiger partial charge in [-0.05, 0) is 12.5 Å². The van der Waals surface area contributed by atoms with E-state index in [1.165, 1.54) is 0 Å². The summed E-state index contributed by atoms with van der Waals surface area (Å²) in [5.41, 5.74) is 0. The Hall–Kier alpha value is 0.570. The van der Waals surface area contributed by atoms with Crippen LogP contribution in [0.15, 0.2) is 0 Å². The zero-order valence-electron chi connectivity index (χ0n) is 3.87. The molecular weight excluding hydrogens is 123 g/mol. The summed E-state index contributed by atoms with van der Waals surface area (Å²) in [6.45, 7) is 0. The van der Waals surface area contributed by atoms with E-state index in [4.69, 9.17) is 10.7 Å². The molecule has 0 fully saturated rings. The van der Waals surface area contributed by atoms with Gasteiger partial charge in [-0.25, -0.2) is 4.39 Å². The van der Waals surface area contributed by atoms with Crippen LogP contribution < -0.4 is 0 Å². The van der Waals surface area contributed by atoms with Gasteiger partial charge >= 0.3 is 0 Å². The summed E-state index contributed by atoms with van der Waals surface area (Å²) < 4.78 is 11.4. The van der Waals surface area contributed by atoms with Crippen molar-refractivity contribution in [1.29, 1.82) is 0 Å². The minimum absolute atomic E-state index is 0.380. The molecule has 0 unspecified atom stereocenters. The third-order valence-corrected chi connectivity index (χ3v) is 1.03. The van der Waals surface area contributed by atoms with Gasteiger partial charge in [0.05, 0.1) is 0 Å². The van der Waals surface area contributed by atoms with Gasteiger partial charge in [0.1, 0.15) is 6.01 Å². The largest absolute Gasteiger partial charge is 0.240 e. The first-order valence-corrected chi connectivity index (χ1v) is 4.97. The van der Waals surface area contributed by atoms with E-state index in [2.05, 4.69) is 0 Å². The lowest BCUT2D eigenvalue weighted by Crippen LogP contribution is -1.83. The van der Waals surface area contributed by atoms with Crippen molar-refractivity contribution in [2.75, 3.05) is 18.5 Å². The average molecular weight is 131 g/mol. The van der Waals surface area contributed by atoms with E-state index in [1.807, 2.05) is 0 Å². The Labute approximate surface area is 43.5 Å². The van der Waals surface area contributed by atoms with Crippen LogP contribution in [-0.2, 0) is 0 Å². The minimum Gasteiger partial charge on any atom is -0.240 e. The van der Waals surface area contributed by atoms with Crippen molar-refractivity contribution in [3.63, 3.8) is 0 Å². The molecular formula is C3H8ClFS. The summed E-state index contributed by atoms with van der Waals surface area (Å²) in [7, 11) is 4.07. The highest BCUT2D eigenvalue weighted by atomic mass is 35.7. The highest BCUT2D eigenvalue weighted by Crippen LogP contribution is 2.44. The Kier molecular flexibility index (Phi) is 2.22. The van der Waals surface area contributed by atoms with Crippen LogP contribution in [0.2, 0.25) is 0 Å². The molecule has 0 aromatic heterocycles. The third-order valence-electron chi connectivity index (χ3n) is 0.259. The first kappa shape index (κ1) is 6.57. The Morgan fingerprint density at radius 2 is 1.83 bits per heavy atom. The second-order valence-corrected chi connectivity index (χ2v) is 7.04. The molecule has 0 saturated carbocycles. The van der Waals surface area contributed by atoms with Crippen LogP contribution >= 0.6 is 19.9 Å². The molecule has 0 bridgehead atoms. The Balaban J connectivity index is 3.17. The van der Waals surface area contributed by atoms with E-state index < -0.39 is 9.24 Å².